The Morgan fingerprint density at radius 1 is 1.00 bits per heavy atom. The Bertz CT molecular complexity index is 1470. The number of sulfonamides is 1. The largest absolute Gasteiger partial charge is 0.356 e. The number of aromatic nitrogens is 3. The van der Waals surface area contributed by atoms with E-state index >= 15 is 0 Å². The molecule has 0 aliphatic rings. The van der Waals surface area contributed by atoms with Gasteiger partial charge in [0.1, 0.15) is 0 Å². The molecule has 7 nitrogen and oxygen atoms in total. The average molecular weight is 436 g/mol. The number of nitrogens with one attached hydrogen (secondary N) is 1. The predicted octanol–water partition coefficient (Wildman–Crippen LogP) is 3.87. The zero-order chi connectivity index (χ0) is 20.7. The van der Waals surface area contributed by atoms with E-state index < -0.39 is 10.0 Å². The summed E-state index contributed by atoms with van der Waals surface area (Å²) < 4.78 is 24.6. The molecule has 0 aliphatic heterocycles. The van der Waals surface area contributed by atoms with E-state index in [1.165, 1.54) is 34.2 Å². The van der Waals surface area contributed by atoms with E-state index in [0.29, 0.717) is 6.54 Å². The van der Waals surface area contributed by atoms with E-state index in [4.69, 9.17) is 5.14 Å². The van der Waals surface area contributed by atoms with Crippen LogP contribution < -0.4 is 10.5 Å². The number of fused-ring (bicyclic) bond motifs is 2. The van der Waals surface area contributed by atoms with Crippen molar-refractivity contribution in [3.05, 3.63) is 78.5 Å². The summed E-state index contributed by atoms with van der Waals surface area (Å²) in [6, 6.07) is 21.0. The summed E-state index contributed by atoms with van der Waals surface area (Å²) in [6.07, 6.45) is 1.83. The molecule has 2 aromatic heterocycles. The topological polar surface area (TPSA) is 102 Å². The summed E-state index contributed by atoms with van der Waals surface area (Å²) in [5, 5.41) is 16.1. The maximum Gasteiger partial charge on any atom is 0.238 e. The fraction of sp³-hybridized carbons (Fsp3) is 0.0476. The Hall–Kier alpha value is -3.27. The second-order valence-corrected chi connectivity index (χ2v) is 9.37. The molecule has 5 aromatic rings. The highest BCUT2D eigenvalue weighted by molar-refractivity contribution is 7.89. The van der Waals surface area contributed by atoms with Crippen LogP contribution in [0.25, 0.3) is 27.0 Å². The summed E-state index contributed by atoms with van der Waals surface area (Å²) in [5.41, 5.74) is 2.90. The van der Waals surface area contributed by atoms with Crippen LogP contribution in [-0.2, 0) is 16.6 Å². The number of hydrogen-bond acceptors (Lipinski definition) is 6. The summed E-state index contributed by atoms with van der Waals surface area (Å²) >= 11 is 1.46. The molecule has 0 saturated carbocycles. The molecule has 150 valence electrons. The number of rotatable bonds is 5. The van der Waals surface area contributed by atoms with Crippen molar-refractivity contribution in [3.63, 3.8) is 0 Å². The minimum Gasteiger partial charge on any atom is -0.356 e. The number of nitrogens with two attached hydrogens (primary N) is 1. The number of benzene rings is 3. The number of nitrogens with zero attached hydrogens (tertiary/aromatic N) is 3. The van der Waals surface area contributed by atoms with Gasteiger partial charge in [-0.15, -0.1) is 5.10 Å². The molecular formula is C21H17N5O2S2. The van der Waals surface area contributed by atoms with Crippen molar-refractivity contribution in [1.82, 2.24) is 14.6 Å². The minimum atomic E-state index is -3.68. The molecular weight excluding hydrogens is 418 g/mol. The lowest BCUT2D eigenvalue weighted by atomic mass is 10.1. The van der Waals surface area contributed by atoms with E-state index in [0.717, 1.165) is 26.9 Å². The molecule has 9 heteroatoms. The quantitative estimate of drug-likeness (QED) is 0.436. The Balaban J connectivity index is 1.39. The van der Waals surface area contributed by atoms with Gasteiger partial charge in [0.25, 0.3) is 0 Å². The summed E-state index contributed by atoms with van der Waals surface area (Å²) in [6.45, 7) is 0.507. The molecule has 0 amide bonds. The molecule has 2 heterocycles. The third-order valence-corrected chi connectivity index (χ3v) is 6.64. The van der Waals surface area contributed by atoms with Crippen LogP contribution in [0.15, 0.2) is 77.8 Å². The average Bonchev–Trinajstić information content (AvgIpc) is 3.32. The van der Waals surface area contributed by atoms with Crippen LogP contribution in [-0.4, -0.2) is 23.0 Å². The molecule has 0 atom stereocenters. The number of primary sulfonamides is 1. The molecule has 0 spiro atoms. The Morgan fingerprint density at radius 2 is 1.77 bits per heavy atom. The number of imidazole rings is 1. The highest BCUT2D eigenvalue weighted by atomic mass is 32.2. The first-order valence-electron chi connectivity index (χ1n) is 9.17. The molecule has 0 aliphatic carbocycles. The molecule has 0 unspecified atom stereocenters. The van der Waals surface area contributed by atoms with Crippen molar-refractivity contribution in [2.45, 2.75) is 11.4 Å². The third-order valence-electron chi connectivity index (χ3n) is 4.83. The Morgan fingerprint density at radius 3 is 2.53 bits per heavy atom. The lowest BCUT2D eigenvalue weighted by molar-refractivity contribution is 0.598. The van der Waals surface area contributed by atoms with Gasteiger partial charge < -0.3 is 5.32 Å². The van der Waals surface area contributed by atoms with Crippen molar-refractivity contribution in [1.29, 1.82) is 0 Å². The van der Waals surface area contributed by atoms with Crippen molar-refractivity contribution in [2.24, 2.45) is 5.14 Å². The predicted molar refractivity (Wildman–Crippen MR) is 119 cm³/mol. The lowest BCUT2D eigenvalue weighted by Crippen LogP contribution is -2.12. The van der Waals surface area contributed by atoms with Crippen molar-refractivity contribution in [3.8, 4) is 11.3 Å². The highest BCUT2D eigenvalue weighted by Crippen LogP contribution is 2.28. The first-order valence-corrected chi connectivity index (χ1v) is 11.5. The van der Waals surface area contributed by atoms with E-state index in [1.54, 1.807) is 12.1 Å². The van der Waals surface area contributed by atoms with Crippen LogP contribution in [0.4, 0.5) is 5.13 Å². The standard InChI is InChI=1S/C21H17N5O2S2/c22-30(27,28)18-9-5-14(6-10-18)12-23-20-25-26-19(13-24-21(26)29-20)17-8-7-15-3-1-2-4-16(15)11-17/h1-11,13H,12H2,(H,23,25)(H2,22,27,28). The van der Waals surface area contributed by atoms with Crippen LogP contribution in [0.3, 0.4) is 0 Å². The molecule has 0 bridgehead atoms. The van der Waals surface area contributed by atoms with Gasteiger partial charge in [0, 0.05) is 12.1 Å². The van der Waals surface area contributed by atoms with Gasteiger partial charge >= 0.3 is 0 Å². The fourth-order valence-electron chi connectivity index (χ4n) is 3.28. The Labute approximate surface area is 176 Å². The first kappa shape index (κ1) is 18.7. The van der Waals surface area contributed by atoms with E-state index in [9.17, 15) is 8.42 Å². The smallest absolute Gasteiger partial charge is 0.238 e. The van der Waals surface area contributed by atoms with Crippen LogP contribution in [0, 0.1) is 0 Å². The second kappa shape index (κ2) is 7.21. The monoisotopic (exact) mass is 435 g/mol. The van der Waals surface area contributed by atoms with E-state index in [1.807, 2.05) is 22.8 Å². The second-order valence-electron chi connectivity index (χ2n) is 6.85. The Kier molecular flexibility index (Phi) is 4.50. The van der Waals surface area contributed by atoms with Crippen LogP contribution in [0.5, 0.6) is 0 Å². The van der Waals surface area contributed by atoms with E-state index in [-0.39, 0.29) is 4.90 Å². The van der Waals surface area contributed by atoms with Gasteiger partial charge in [-0.25, -0.2) is 23.1 Å². The van der Waals surface area contributed by atoms with Gasteiger partial charge in [0.2, 0.25) is 20.1 Å². The molecule has 30 heavy (non-hydrogen) atoms. The minimum absolute atomic E-state index is 0.0963. The van der Waals surface area contributed by atoms with Gasteiger partial charge in [0.15, 0.2) is 0 Å². The maximum absolute atomic E-state index is 11.4. The van der Waals surface area contributed by atoms with Crippen molar-refractivity contribution < 1.29 is 8.42 Å². The summed E-state index contributed by atoms with van der Waals surface area (Å²) in [5.74, 6) is 0. The molecule has 0 radical (unpaired) electrons. The van der Waals surface area contributed by atoms with Crippen LogP contribution >= 0.6 is 11.3 Å². The summed E-state index contributed by atoms with van der Waals surface area (Å²) in [7, 11) is -3.68. The molecule has 0 saturated heterocycles. The van der Waals surface area contributed by atoms with Crippen LogP contribution in [0.2, 0.25) is 0 Å². The van der Waals surface area contributed by atoms with Crippen LogP contribution in [0.1, 0.15) is 5.56 Å². The van der Waals surface area contributed by atoms with Gasteiger partial charge in [-0.2, -0.15) is 0 Å². The van der Waals surface area contributed by atoms with Gasteiger partial charge in [-0.1, -0.05) is 59.9 Å². The zero-order valence-electron chi connectivity index (χ0n) is 15.7. The molecule has 0 fully saturated rings. The van der Waals surface area contributed by atoms with Crippen molar-refractivity contribution >= 4 is 42.2 Å². The fourth-order valence-corrected chi connectivity index (χ4v) is 4.57. The van der Waals surface area contributed by atoms with Gasteiger partial charge in [-0.3, -0.25) is 0 Å². The van der Waals surface area contributed by atoms with Crippen molar-refractivity contribution in [2.75, 3.05) is 5.32 Å². The van der Waals surface area contributed by atoms with Gasteiger partial charge in [0.05, 0.1) is 16.8 Å². The van der Waals surface area contributed by atoms with E-state index in [2.05, 4.69) is 45.7 Å². The van der Waals surface area contributed by atoms with Gasteiger partial charge in [-0.05, 0) is 34.5 Å². The lowest BCUT2D eigenvalue weighted by Gasteiger charge is -2.04. The normalized spacial score (nSPS) is 11.9. The maximum atomic E-state index is 11.4. The SMILES string of the molecule is NS(=O)(=O)c1ccc(CNc2nn3c(-c4ccc5ccccc5c4)cnc3s2)cc1. The highest BCUT2D eigenvalue weighted by Gasteiger charge is 2.12. The summed E-state index contributed by atoms with van der Waals surface area (Å²) in [4.78, 5) is 5.38. The number of hydrogen-bond donors (Lipinski definition) is 2. The molecule has 3 N–H and O–H groups in total. The number of anilines is 1. The zero-order valence-corrected chi connectivity index (χ0v) is 17.3. The first-order chi connectivity index (χ1) is 14.5. The molecule has 5 rings (SSSR count). The molecule has 3 aromatic carbocycles. The third kappa shape index (κ3) is 3.54.